The number of aromatic nitrogens is 1. The lowest BCUT2D eigenvalue weighted by Gasteiger charge is -2.26. The number of nitrogens with one attached hydrogen (secondary N) is 1. The second-order valence-electron chi connectivity index (χ2n) is 11.2. The molecule has 212 valence electrons. The van der Waals surface area contributed by atoms with Crippen LogP contribution in [0.5, 0.6) is 0 Å². The van der Waals surface area contributed by atoms with Gasteiger partial charge in [-0.1, -0.05) is 84.9 Å². The predicted octanol–water partition coefficient (Wildman–Crippen LogP) is 9.91. The molecule has 4 heteroatoms. The van der Waals surface area contributed by atoms with Crippen LogP contribution < -0.4 is 10.2 Å². The molecule has 8 rings (SSSR count). The zero-order valence-electron chi connectivity index (χ0n) is 24.3. The van der Waals surface area contributed by atoms with Gasteiger partial charge >= 0.3 is 0 Å². The highest BCUT2D eigenvalue weighted by Gasteiger charge is 2.18. The minimum Gasteiger partial charge on any atom is -0.366 e. The average Bonchev–Trinajstić information content (AvgIpc) is 3.44. The molecule has 5 aromatic carbocycles. The summed E-state index contributed by atoms with van der Waals surface area (Å²) in [5.41, 5.74) is 12.1. The van der Waals surface area contributed by atoms with Crippen molar-refractivity contribution < 1.29 is 0 Å². The van der Waals surface area contributed by atoms with E-state index >= 15 is 0 Å². The fourth-order valence-corrected chi connectivity index (χ4v) is 6.45. The van der Waals surface area contributed by atoms with Gasteiger partial charge in [0, 0.05) is 45.6 Å². The van der Waals surface area contributed by atoms with Gasteiger partial charge in [-0.3, -0.25) is 4.99 Å². The first-order valence-electron chi connectivity index (χ1n) is 15.2. The Morgan fingerprint density at radius 3 is 2.07 bits per heavy atom. The summed E-state index contributed by atoms with van der Waals surface area (Å²) in [5, 5.41) is 4.63. The van der Waals surface area contributed by atoms with Gasteiger partial charge < -0.3 is 14.8 Å². The third kappa shape index (κ3) is 4.71. The summed E-state index contributed by atoms with van der Waals surface area (Å²) in [4.78, 5) is 6.84. The van der Waals surface area contributed by atoms with Crippen LogP contribution in [-0.4, -0.2) is 10.8 Å². The van der Waals surface area contributed by atoms with Crippen molar-refractivity contribution in [3.8, 4) is 16.8 Å². The smallest absolute Gasteiger partial charge is 0.144 e. The molecule has 0 bridgehead atoms. The largest absolute Gasteiger partial charge is 0.366 e. The molecule has 0 saturated heterocycles. The van der Waals surface area contributed by atoms with Crippen LogP contribution in [0.1, 0.15) is 29.4 Å². The van der Waals surface area contributed by atoms with Crippen LogP contribution in [0, 0.1) is 0 Å². The van der Waals surface area contributed by atoms with Gasteiger partial charge in [-0.2, -0.15) is 0 Å². The van der Waals surface area contributed by atoms with Gasteiger partial charge in [-0.15, -0.1) is 0 Å². The highest BCUT2D eigenvalue weighted by molar-refractivity contribution is 5.93. The molecule has 1 unspecified atom stereocenters. The van der Waals surface area contributed by atoms with Gasteiger partial charge in [0.1, 0.15) is 6.17 Å². The number of hydrogen-bond acceptors (Lipinski definition) is 3. The van der Waals surface area contributed by atoms with E-state index in [1.807, 2.05) is 18.5 Å². The van der Waals surface area contributed by atoms with E-state index in [1.165, 1.54) is 39.0 Å². The summed E-state index contributed by atoms with van der Waals surface area (Å²) in [6.07, 6.45) is 12.4. The summed E-state index contributed by atoms with van der Waals surface area (Å²) in [7, 11) is 0. The van der Waals surface area contributed by atoms with Crippen molar-refractivity contribution in [3.05, 3.63) is 163 Å². The van der Waals surface area contributed by atoms with Crippen molar-refractivity contribution in [2.24, 2.45) is 4.99 Å². The Kier molecular flexibility index (Phi) is 6.65. The first-order valence-corrected chi connectivity index (χ1v) is 15.2. The molecular weight excluding hydrogens is 536 g/mol. The van der Waals surface area contributed by atoms with Crippen LogP contribution in [0.15, 0.2) is 151 Å². The van der Waals surface area contributed by atoms with Crippen LogP contribution in [0.25, 0.3) is 33.8 Å². The topological polar surface area (TPSA) is 32.6 Å². The molecular formula is C40H32N4. The van der Waals surface area contributed by atoms with Crippen LogP contribution >= 0.6 is 0 Å². The maximum absolute atomic E-state index is 4.54. The maximum Gasteiger partial charge on any atom is 0.144 e. The Bertz CT molecular complexity index is 2010. The van der Waals surface area contributed by atoms with Gasteiger partial charge in [0.05, 0.1) is 5.52 Å². The highest BCUT2D eigenvalue weighted by Crippen LogP contribution is 2.37. The zero-order valence-corrected chi connectivity index (χ0v) is 24.3. The summed E-state index contributed by atoms with van der Waals surface area (Å²) in [6.45, 7) is 0. The summed E-state index contributed by atoms with van der Waals surface area (Å²) in [5.74, 6) is 0. The number of aliphatic imine (C=N–C) groups is 1. The predicted molar refractivity (Wildman–Crippen MR) is 184 cm³/mol. The summed E-state index contributed by atoms with van der Waals surface area (Å²) >= 11 is 0. The quantitative estimate of drug-likeness (QED) is 0.217. The molecule has 1 atom stereocenters. The molecule has 0 saturated carbocycles. The number of para-hydroxylation sites is 2. The Hall–Kier alpha value is -5.61. The highest BCUT2D eigenvalue weighted by atomic mass is 15.1. The van der Waals surface area contributed by atoms with E-state index < -0.39 is 0 Å². The summed E-state index contributed by atoms with van der Waals surface area (Å²) < 4.78 is 2.44. The molecule has 1 aliphatic carbocycles. The van der Waals surface area contributed by atoms with Crippen LogP contribution in [-0.2, 0) is 6.42 Å². The monoisotopic (exact) mass is 568 g/mol. The number of anilines is 3. The molecule has 4 nitrogen and oxygen atoms in total. The SMILES string of the molecule is C1=CNC(c2ccc(N(c3ccccc3)c3ccc(-c4ccc(-n5c6c(c7ccccc75)C=CCC6)cc4)cc3)cc2)N=C1. The minimum atomic E-state index is -0.0524. The molecule has 1 aliphatic heterocycles. The first-order chi connectivity index (χ1) is 21.8. The number of rotatable bonds is 6. The molecule has 2 heterocycles. The van der Waals surface area contributed by atoms with E-state index in [1.54, 1.807) is 0 Å². The van der Waals surface area contributed by atoms with Gasteiger partial charge in [0.15, 0.2) is 0 Å². The number of benzene rings is 5. The van der Waals surface area contributed by atoms with Crippen molar-refractivity contribution in [1.29, 1.82) is 0 Å². The van der Waals surface area contributed by atoms with Crippen molar-refractivity contribution >= 4 is 40.3 Å². The minimum absolute atomic E-state index is 0.0524. The zero-order chi connectivity index (χ0) is 29.3. The normalized spacial score (nSPS) is 15.2. The standard InChI is InChI=1S/C40H32N4/c1-2-9-32(10-3-1)43(34-25-19-31(20-26-34)40-41-27-8-28-42-40)33-21-15-29(16-22-33)30-17-23-35(24-18-30)44-38-13-6-4-11-36(38)37-12-5-7-14-39(37)44/h1-6,8-13,15-28,40-41H,7,14H2. The maximum atomic E-state index is 4.54. The third-order valence-corrected chi connectivity index (χ3v) is 8.59. The lowest BCUT2D eigenvalue weighted by Crippen LogP contribution is -2.16. The first kappa shape index (κ1) is 26.1. The molecule has 0 spiro atoms. The fourth-order valence-electron chi connectivity index (χ4n) is 6.45. The van der Waals surface area contributed by atoms with Crippen molar-refractivity contribution in [1.82, 2.24) is 9.88 Å². The molecule has 6 aromatic rings. The lowest BCUT2D eigenvalue weighted by molar-refractivity contribution is 0.653. The lowest BCUT2D eigenvalue weighted by atomic mass is 10.0. The van der Waals surface area contributed by atoms with Crippen LogP contribution in [0.4, 0.5) is 17.1 Å². The molecule has 0 radical (unpaired) electrons. The Balaban J connectivity index is 1.10. The average molecular weight is 569 g/mol. The van der Waals surface area contributed by atoms with Crippen molar-refractivity contribution in [2.45, 2.75) is 19.0 Å². The second kappa shape index (κ2) is 11.2. The van der Waals surface area contributed by atoms with Crippen molar-refractivity contribution in [3.63, 3.8) is 0 Å². The van der Waals surface area contributed by atoms with Gasteiger partial charge in [0.2, 0.25) is 0 Å². The molecule has 1 N–H and O–H groups in total. The molecule has 0 fully saturated rings. The van der Waals surface area contributed by atoms with E-state index in [0.29, 0.717) is 0 Å². The molecule has 2 aliphatic rings. The van der Waals surface area contributed by atoms with E-state index in [4.69, 9.17) is 0 Å². The molecule has 0 amide bonds. The van der Waals surface area contributed by atoms with E-state index in [9.17, 15) is 0 Å². The van der Waals surface area contributed by atoms with E-state index in [2.05, 4.69) is 159 Å². The molecule has 1 aromatic heterocycles. The van der Waals surface area contributed by atoms with E-state index in [0.717, 1.165) is 35.5 Å². The summed E-state index contributed by atoms with van der Waals surface area (Å²) in [6, 6.07) is 45.8. The van der Waals surface area contributed by atoms with Crippen molar-refractivity contribution in [2.75, 3.05) is 4.90 Å². The molecule has 44 heavy (non-hydrogen) atoms. The van der Waals surface area contributed by atoms with Gasteiger partial charge in [-0.05, 0) is 96.4 Å². The van der Waals surface area contributed by atoms with Gasteiger partial charge in [-0.25, -0.2) is 0 Å². The number of nitrogens with zero attached hydrogens (tertiary/aromatic N) is 3. The van der Waals surface area contributed by atoms with Crippen LogP contribution in [0.2, 0.25) is 0 Å². The Morgan fingerprint density at radius 1 is 0.682 bits per heavy atom. The van der Waals surface area contributed by atoms with Crippen LogP contribution in [0.3, 0.4) is 0 Å². The van der Waals surface area contributed by atoms with Gasteiger partial charge in [0.25, 0.3) is 0 Å². The number of hydrogen-bond donors (Lipinski definition) is 1. The number of fused-ring (bicyclic) bond motifs is 3. The third-order valence-electron chi connectivity index (χ3n) is 8.59. The Morgan fingerprint density at radius 2 is 1.34 bits per heavy atom. The fraction of sp³-hybridized carbons (Fsp3) is 0.0750. The second-order valence-corrected chi connectivity index (χ2v) is 11.2. The Labute approximate surface area is 257 Å². The van der Waals surface area contributed by atoms with E-state index in [-0.39, 0.29) is 6.17 Å². The number of allylic oxidation sites excluding steroid dienone is 2.